The molecule has 0 N–H and O–H groups in total. The summed E-state index contributed by atoms with van der Waals surface area (Å²) in [5.74, 6) is 2.08. The third-order valence-corrected chi connectivity index (χ3v) is 5.80. The summed E-state index contributed by atoms with van der Waals surface area (Å²) in [7, 11) is 0. The highest BCUT2D eigenvalue weighted by atomic mass is 35.5. The van der Waals surface area contributed by atoms with Crippen LogP contribution in [0.15, 0.2) is 29.2 Å². The summed E-state index contributed by atoms with van der Waals surface area (Å²) in [6.45, 7) is 4.52. The van der Waals surface area contributed by atoms with Crippen molar-refractivity contribution in [3.63, 3.8) is 0 Å². The maximum Gasteiger partial charge on any atom is 0.0541 e. The molecule has 0 aliphatic rings. The van der Waals surface area contributed by atoms with E-state index in [-0.39, 0.29) is 0 Å². The maximum absolute atomic E-state index is 6.21. The van der Waals surface area contributed by atoms with Crippen LogP contribution in [0, 0.1) is 5.41 Å². The quantitative estimate of drug-likeness (QED) is 0.457. The molecule has 0 aromatic heterocycles. The van der Waals surface area contributed by atoms with Gasteiger partial charge in [0.25, 0.3) is 0 Å². The van der Waals surface area contributed by atoms with E-state index in [2.05, 4.69) is 38.6 Å². The van der Waals surface area contributed by atoms with Gasteiger partial charge in [0.2, 0.25) is 0 Å². The number of hydrogen-bond acceptors (Lipinski definition) is 2. The van der Waals surface area contributed by atoms with Crippen LogP contribution in [0.4, 0.5) is 0 Å². The number of benzene rings is 1. The summed E-state index contributed by atoms with van der Waals surface area (Å²) in [5.41, 5.74) is 0.358. The van der Waals surface area contributed by atoms with Gasteiger partial charge in [-0.1, -0.05) is 50.4 Å². The van der Waals surface area contributed by atoms with Crippen molar-refractivity contribution in [2.75, 3.05) is 11.5 Å². The molecule has 0 spiro atoms. The minimum absolute atomic E-state index is 0.358. The minimum Gasteiger partial charge on any atom is -0.179 e. The summed E-state index contributed by atoms with van der Waals surface area (Å²) < 4.78 is 0. The average molecular weight is 303 g/mol. The van der Waals surface area contributed by atoms with Gasteiger partial charge in [0.05, 0.1) is 5.02 Å². The van der Waals surface area contributed by atoms with Gasteiger partial charge in [0.1, 0.15) is 0 Å². The molecule has 0 bridgehead atoms. The standard InChI is InChI=1S/C15H23ClS2/c1-3-9-15(11-17,10-4-2)12-18-14-8-6-5-7-13(14)16/h5-8,17H,3-4,9-12H2,1-2H3. The summed E-state index contributed by atoms with van der Waals surface area (Å²) in [5, 5.41) is 0.864. The third-order valence-electron chi connectivity index (χ3n) is 3.27. The highest BCUT2D eigenvalue weighted by Gasteiger charge is 2.27. The smallest absolute Gasteiger partial charge is 0.0541 e. The number of rotatable bonds is 8. The highest BCUT2D eigenvalue weighted by molar-refractivity contribution is 7.99. The van der Waals surface area contributed by atoms with Crippen LogP contribution < -0.4 is 0 Å². The Morgan fingerprint density at radius 3 is 2.28 bits per heavy atom. The van der Waals surface area contributed by atoms with E-state index in [0.29, 0.717) is 5.41 Å². The van der Waals surface area contributed by atoms with Gasteiger partial charge in [-0.25, -0.2) is 0 Å². The molecule has 0 heterocycles. The van der Waals surface area contributed by atoms with Crippen molar-refractivity contribution >= 4 is 36.0 Å². The molecule has 0 nitrogen and oxygen atoms in total. The second-order valence-corrected chi connectivity index (χ2v) is 6.62. The fourth-order valence-electron chi connectivity index (χ4n) is 2.33. The Bertz CT molecular complexity index is 346. The monoisotopic (exact) mass is 302 g/mol. The molecule has 0 unspecified atom stereocenters. The normalized spacial score (nSPS) is 11.8. The molecular weight excluding hydrogens is 280 g/mol. The Balaban J connectivity index is 2.69. The molecule has 0 amide bonds. The molecule has 0 radical (unpaired) electrons. The number of thioether (sulfide) groups is 1. The molecule has 0 atom stereocenters. The van der Waals surface area contributed by atoms with Crippen molar-refractivity contribution in [1.82, 2.24) is 0 Å². The second kappa shape index (κ2) is 8.39. The lowest BCUT2D eigenvalue weighted by Gasteiger charge is -2.31. The zero-order valence-electron chi connectivity index (χ0n) is 11.3. The zero-order valence-corrected chi connectivity index (χ0v) is 13.8. The first-order valence-corrected chi connectivity index (χ1v) is 8.65. The van der Waals surface area contributed by atoms with Crippen LogP contribution in [-0.2, 0) is 0 Å². The predicted octanol–water partition coefficient (Wildman–Crippen LogP) is 5.95. The van der Waals surface area contributed by atoms with E-state index >= 15 is 0 Å². The van der Waals surface area contributed by atoms with E-state index in [0.717, 1.165) is 16.5 Å². The molecule has 0 saturated heterocycles. The fraction of sp³-hybridized carbons (Fsp3) is 0.600. The van der Waals surface area contributed by atoms with E-state index < -0.39 is 0 Å². The van der Waals surface area contributed by atoms with Gasteiger partial charge in [0, 0.05) is 10.6 Å². The van der Waals surface area contributed by atoms with Crippen molar-refractivity contribution in [2.24, 2.45) is 5.41 Å². The molecular formula is C15H23ClS2. The number of hydrogen-bond donors (Lipinski definition) is 1. The van der Waals surface area contributed by atoms with Crippen LogP contribution in [0.3, 0.4) is 0 Å². The van der Waals surface area contributed by atoms with Crippen LogP contribution in [0.2, 0.25) is 5.02 Å². The topological polar surface area (TPSA) is 0 Å². The van der Waals surface area contributed by atoms with E-state index in [9.17, 15) is 0 Å². The molecule has 3 heteroatoms. The molecule has 1 aromatic carbocycles. The van der Waals surface area contributed by atoms with Gasteiger partial charge < -0.3 is 0 Å². The summed E-state index contributed by atoms with van der Waals surface area (Å²) in [6.07, 6.45) is 4.96. The second-order valence-electron chi connectivity index (χ2n) is 4.88. The Morgan fingerprint density at radius 1 is 1.17 bits per heavy atom. The fourth-order valence-corrected chi connectivity index (χ4v) is 4.44. The summed E-state index contributed by atoms with van der Waals surface area (Å²) >= 11 is 12.7. The van der Waals surface area contributed by atoms with Crippen molar-refractivity contribution in [2.45, 2.75) is 44.4 Å². The van der Waals surface area contributed by atoms with Gasteiger partial charge in [-0.05, 0) is 36.1 Å². The van der Waals surface area contributed by atoms with Crippen molar-refractivity contribution in [1.29, 1.82) is 0 Å². The Morgan fingerprint density at radius 2 is 1.78 bits per heavy atom. The molecule has 0 fully saturated rings. The maximum atomic E-state index is 6.21. The van der Waals surface area contributed by atoms with Crippen LogP contribution >= 0.6 is 36.0 Å². The predicted molar refractivity (Wildman–Crippen MR) is 88.3 cm³/mol. The molecule has 0 aliphatic carbocycles. The van der Waals surface area contributed by atoms with Crippen molar-refractivity contribution in [3.8, 4) is 0 Å². The molecule has 0 saturated carbocycles. The first-order valence-electron chi connectivity index (χ1n) is 6.65. The highest BCUT2D eigenvalue weighted by Crippen LogP contribution is 2.38. The van der Waals surface area contributed by atoms with Gasteiger partial charge in [-0.2, -0.15) is 12.6 Å². The Hall–Kier alpha value is 0.210. The molecule has 0 aliphatic heterocycles. The SMILES string of the molecule is CCCC(CS)(CCC)CSc1ccccc1Cl. The van der Waals surface area contributed by atoms with Crippen LogP contribution in [0.5, 0.6) is 0 Å². The summed E-state index contributed by atoms with van der Waals surface area (Å²) in [4.78, 5) is 1.19. The third kappa shape index (κ3) is 4.71. The summed E-state index contributed by atoms with van der Waals surface area (Å²) in [6, 6.07) is 8.10. The molecule has 1 aromatic rings. The lowest BCUT2D eigenvalue weighted by molar-refractivity contribution is 0.318. The van der Waals surface area contributed by atoms with E-state index in [1.54, 1.807) is 0 Å². The average Bonchev–Trinajstić information content (AvgIpc) is 2.38. The number of thiol groups is 1. The van der Waals surface area contributed by atoms with Crippen molar-refractivity contribution < 1.29 is 0 Å². The van der Waals surface area contributed by atoms with Crippen LogP contribution in [0.1, 0.15) is 39.5 Å². The first-order chi connectivity index (χ1) is 8.67. The van der Waals surface area contributed by atoms with Crippen molar-refractivity contribution in [3.05, 3.63) is 29.3 Å². The van der Waals surface area contributed by atoms with Gasteiger partial charge in [-0.15, -0.1) is 11.8 Å². The molecule has 18 heavy (non-hydrogen) atoms. The lowest BCUT2D eigenvalue weighted by atomic mass is 9.83. The van der Waals surface area contributed by atoms with Crippen LogP contribution in [0.25, 0.3) is 0 Å². The van der Waals surface area contributed by atoms with E-state index in [1.165, 1.54) is 30.6 Å². The van der Waals surface area contributed by atoms with Crippen LogP contribution in [-0.4, -0.2) is 11.5 Å². The zero-order chi connectivity index (χ0) is 13.4. The number of halogens is 1. The largest absolute Gasteiger partial charge is 0.179 e. The van der Waals surface area contributed by atoms with Gasteiger partial charge in [0.15, 0.2) is 0 Å². The minimum atomic E-state index is 0.358. The Labute approximate surface area is 126 Å². The lowest BCUT2D eigenvalue weighted by Crippen LogP contribution is -2.25. The molecule has 1 rings (SSSR count). The van der Waals surface area contributed by atoms with E-state index in [1.807, 2.05) is 23.9 Å². The first kappa shape index (κ1) is 16.3. The van der Waals surface area contributed by atoms with Gasteiger partial charge >= 0.3 is 0 Å². The molecule has 102 valence electrons. The Kier molecular flexibility index (Phi) is 7.59. The van der Waals surface area contributed by atoms with Gasteiger partial charge in [-0.3, -0.25) is 0 Å². The van der Waals surface area contributed by atoms with E-state index in [4.69, 9.17) is 11.6 Å².